The van der Waals surface area contributed by atoms with E-state index in [-0.39, 0.29) is 4.90 Å². The molecule has 3 rings (SSSR count). The lowest BCUT2D eigenvalue weighted by molar-refractivity contribution is -0.148. The summed E-state index contributed by atoms with van der Waals surface area (Å²) in [4.78, 5) is 11.6. The van der Waals surface area contributed by atoms with Crippen LogP contribution in [0.2, 0.25) is 0 Å². The molecule has 2 aromatic carbocycles. The lowest BCUT2D eigenvalue weighted by atomic mass is 9.86. The van der Waals surface area contributed by atoms with Gasteiger partial charge in [-0.1, -0.05) is 42.0 Å². The van der Waals surface area contributed by atoms with Gasteiger partial charge in [0, 0.05) is 6.92 Å². The molecule has 0 saturated carbocycles. The van der Waals surface area contributed by atoms with E-state index in [9.17, 15) is 13.2 Å². The van der Waals surface area contributed by atoms with E-state index in [0.717, 1.165) is 23.1 Å². The summed E-state index contributed by atoms with van der Waals surface area (Å²) in [6.45, 7) is 3.24. The lowest BCUT2D eigenvalue weighted by Gasteiger charge is -2.33. The van der Waals surface area contributed by atoms with E-state index in [1.165, 1.54) is 6.92 Å². The maximum absolute atomic E-state index is 12.8. The van der Waals surface area contributed by atoms with Crippen molar-refractivity contribution in [3.05, 3.63) is 65.2 Å². The Morgan fingerprint density at radius 3 is 2.48 bits per heavy atom. The Labute approximate surface area is 148 Å². The third-order valence-electron chi connectivity index (χ3n) is 4.39. The number of rotatable bonds is 4. The number of aryl methyl sites for hydroxylation is 2. The number of hydrogen-bond donors (Lipinski definition) is 1. The second-order valence-electron chi connectivity index (χ2n) is 6.30. The fourth-order valence-corrected chi connectivity index (χ4v) is 4.41. The molecule has 0 heterocycles. The molecule has 5 nitrogen and oxygen atoms in total. The van der Waals surface area contributed by atoms with Gasteiger partial charge in [0.2, 0.25) is 10.0 Å². The van der Waals surface area contributed by atoms with Gasteiger partial charge in [0.1, 0.15) is 6.10 Å². The molecule has 0 radical (unpaired) electrons. The van der Waals surface area contributed by atoms with E-state index in [4.69, 9.17) is 4.74 Å². The monoisotopic (exact) mass is 359 g/mol. The first kappa shape index (κ1) is 17.6. The largest absolute Gasteiger partial charge is 0.460 e. The number of fused-ring (bicyclic) bond motifs is 1. The summed E-state index contributed by atoms with van der Waals surface area (Å²) in [7, 11) is -3.73. The van der Waals surface area contributed by atoms with Gasteiger partial charge in [-0.2, -0.15) is 4.72 Å². The van der Waals surface area contributed by atoms with Gasteiger partial charge in [-0.3, -0.25) is 4.79 Å². The highest BCUT2D eigenvalue weighted by Crippen LogP contribution is 2.33. The van der Waals surface area contributed by atoms with E-state index in [2.05, 4.69) is 4.72 Å². The number of carbonyl (C=O) groups excluding carboxylic acids is 1. The first-order chi connectivity index (χ1) is 11.9. The molecular formula is C19H21NO4S. The molecule has 0 amide bonds. The van der Waals surface area contributed by atoms with Crippen molar-refractivity contribution in [3.63, 3.8) is 0 Å². The maximum Gasteiger partial charge on any atom is 0.302 e. The van der Waals surface area contributed by atoms with E-state index in [1.54, 1.807) is 24.3 Å². The van der Waals surface area contributed by atoms with Crippen LogP contribution in [-0.2, 0) is 26.0 Å². The number of hydrogen-bond acceptors (Lipinski definition) is 4. The molecule has 0 saturated heterocycles. The van der Waals surface area contributed by atoms with Crippen molar-refractivity contribution in [1.82, 2.24) is 4.72 Å². The Morgan fingerprint density at radius 1 is 1.12 bits per heavy atom. The minimum atomic E-state index is -3.73. The number of nitrogens with one attached hydrogen (secondary N) is 1. The zero-order valence-corrected chi connectivity index (χ0v) is 15.0. The molecule has 1 N–H and O–H groups in total. The molecule has 2 atom stereocenters. The topological polar surface area (TPSA) is 72.5 Å². The van der Waals surface area contributed by atoms with Crippen LogP contribution in [0.5, 0.6) is 0 Å². The number of benzene rings is 2. The highest BCUT2D eigenvalue weighted by molar-refractivity contribution is 7.89. The summed E-state index contributed by atoms with van der Waals surface area (Å²) in [5.41, 5.74) is 2.91. The standard InChI is InChI=1S/C19H21NO4S/c1-13-7-10-16(11-8-13)25(22,23)20-19-17-6-4-3-5-15(17)9-12-18(19)24-14(2)21/h3-8,10-11,18-20H,9,12H2,1-2H3. The van der Waals surface area contributed by atoms with Crippen LogP contribution in [0.25, 0.3) is 0 Å². The van der Waals surface area contributed by atoms with Gasteiger partial charge < -0.3 is 4.74 Å². The minimum absolute atomic E-state index is 0.197. The smallest absolute Gasteiger partial charge is 0.302 e. The van der Waals surface area contributed by atoms with Crippen LogP contribution in [0.3, 0.4) is 0 Å². The van der Waals surface area contributed by atoms with Crippen molar-refractivity contribution >= 4 is 16.0 Å². The summed E-state index contributed by atoms with van der Waals surface area (Å²) in [6.07, 6.45) is 0.807. The van der Waals surface area contributed by atoms with Crippen LogP contribution in [0.1, 0.15) is 36.1 Å². The summed E-state index contributed by atoms with van der Waals surface area (Å²) < 4.78 is 33.7. The molecular weight excluding hydrogens is 338 g/mol. The molecule has 2 unspecified atom stereocenters. The Bertz CT molecular complexity index is 875. The van der Waals surface area contributed by atoms with Crippen LogP contribution in [0.4, 0.5) is 0 Å². The van der Waals surface area contributed by atoms with Gasteiger partial charge in [-0.15, -0.1) is 0 Å². The SMILES string of the molecule is CC(=O)OC1CCc2ccccc2C1NS(=O)(=O)c1ccc(C)cc1. The third kappa shape index (κ3) is 3.91. The second-order valence-corrected chi connectivity index (χ2v) is 8.01. The predicted octanol–water partition coefficient (Wildman–Crippen LogP) is 2.89. The molecule has 0 fully saturated rings. The van der Waals surface area contributed by atoms with Crippen molar-refractivity contribution in [2.45, 2.75) is 43.7 Å². The van der Waals surface area contributed by atoms with Gasteiger partial charge in [-0.05, 0) is 43.0 Å². The number of carbonyl (C=O) groups is 1. The Hall–Kier alpha value is -2.18. The van der Waals surface area contributed by atoms with Gasteiger partial charge >= 0.3 is 5.97 Å². The zero-order chi connectivity index (χ0) is 18.0. The Kier molecular flexibility index (Phi) is 4.92. The summed E-state index contributed by atoms with van der Waals surface area (Å²) in [5.74, 6) is -0.413. The molecule has 132 valence electrons. The highest BCUT2D eigenvalue weighted by atomic mass is 32.2. The summed E-state index contributed by atoms with van der Waals surface area (Å²) >= 11 is 0. The molecule has 6 heteroatoms. The first-order valence-corrected chi connectivity index (χ1v) is 9.69. The molecule has 0 spiro atoms. The third-order valence-corrected chi connectivity index (χ3v) is 5.85. The van der Waals surface area contributed by atoms with Crippen LogP contribution in [0.15, 0.2) is 53.4 Å². The second kappa shape index (κ2) is 6.98. The summed E-state index contributed by atoms with van der Waals surface area (Å²) in [5, 5.41) is 0. The van der Waals surface area contributed by atoms with Gasteiger partial charge in [-0.25, -0.2) is 8.42 Å². The van der Waals surface area contributed by atoms with Crippen LogP contribution < -0.4 is 4.72 Å². The fraction of sp³-hybridized carbons (Fsp3) is 0.316. The number of ether oxygens (including phenoxy) is 1. The van der Waals surface area contributed by atoms with Crippen molar-refractivity contribution in [2.75, 3.05) is 0 Å². The molecule has 1 aliphatic carbocycles. The minimum Gasteiger partial charge on any atom is -0.460 e. The van der Waals surface area contributed by atoms with Crippen molar-refractivity contribution in [1.29, 1.82) is 0 Å². The van der Waals surface area contributed by atoms with Crippen molar-refractivity contribution < 1.29 is 17.9 Å². The molecule has 0 aliphatic heterocycles. The van der Waals surface area contributed by atoms with E-state index >= 15 is 0 Å². The highest BCUT2D eigenvalue weighted by Gasteiger charge is 2.35. The average molecular weight is 359 g/mol. The fourth-order valence-electron chi connectivity index (χ4n) is 3.16. The molecule has 1 aliphatic rings. The van der Waals surface area contributed by atoms with E-state index in [1.807, 2.05) is 31.2 Å². The molecule has 25 heavy (non-hydrogen) atoms. The molecule has 0 bridgehead atoms. The zero-order valence-electron chi connectivity index (χ0n) is 14.2. The molecule has 2 aromatic rings. The predicted molar refractivity (Wildman–Crippen MR) is 94.6 cm³/mol. The first-order valence-electron chi connectivity index (χ1n) is 8.21. The number of esters is 1. The van der Waals surface area contributed by atoms with Crippen molar-refractivity contribution in [2.24, 2.45) is 0 Å². The van der Waals surface area contributed by atoms with E-state index in [0.29, 0.717) is 6.42 Å². The van der Waals surface area contributed by atoms with E-state index < -0.39 is 28.1 Å². The maximum atomic E-state index is 12.8. The van der Waals surface area contributed by atoms with Crippen LogP contribution in [-0.4, -0.2) is 20.5 Å². The van der Waals surface area contributed by atoms with Gasteiger partial charge in [0.05, 0.1) is 10.9 Å². The van der Waals surface area contributed by atoms with Crippen molar-refractivity contribution in [3.8, 4) is 0 Å². The normalized spacial score (nSPS) is 19.9. The lowest BCUT2D eigenvalue weighted by Crippen LogP contribution is -2.41. The van der Waals surface area contributed by atoms with Crippen LogP contribution >= 0.6 is 0 Å². The number of sulfonamides is 1. The average Bonchev–Trinajstić information content (AvgIpc) is 2.57. The summed E-state index contributed by atoms with van der Waals surface area (Å²) in [6, 6.07) is 13.7. The van der Waals surface area contributed by atoms with Crippen LogP contribution in [0, 0.1) is 6.92 Å². The Balaban J connectivity index is 1.96. The Morgan fingerprint density at radius 2 is 1.80 bits per heavy atom. The van der Waals surface area contributed by atoms with Gasteiger partial charge in [0.15, 0.2) is 0 Å². The van der Waals surface area contributed by atoms with Gasteiger partial charge in [0.25, 0.3) is 0 Å². The molecule has 0 aromatic heterocycles. The quantitative estimate of drug-likeness (QED) is 0.852.